The molecule has 0 aliphatic rings. The number of phenols is 1. The summed E-state index contributed by atoms with van der Waals surface area (Å²) in [6.45, 7) is 0. The van der Waals surface area contributed by atoms with Crippen molar-refractivity contribution in [2.24, 2.45) is 0 Å². The zero-order valence-electron chi connectivity index (χ0n) is 12.6. The summed E-state index contributed by atoms with van der Waals surface area (Å²) in [5, 5.41) is 10.4. The van der Waals surface area contributed by atoms with Crippen LogP contribution in [-0.4, -0.2) is 26.1 Å². The van der Waals surface area contributed by atoms with Crippen LogP contribution < -0.4 is 0 Å². The van der Waals surface area contributed by atoms with Gasteiger partial charge in [-0.3, -0.25) is 4.79 Å². The summed E-state index contributed by atoms with van der Waals surface area (Å²) in [6, 6.07) is 8.11. The van der Waals surface area contributed by atoms with E-state index in [1.54, 1.807) is 0 Å². The number of benzene rings is 2. The minimum absolute atomic E-state index is 0.182. The van der Waals surface area contributed by atoms with E-state index in [-0.39, 0.29) is 34.0 Å². The summed E-state index contributed by atoms with van der Waals surface area (Å²) in [4.78, 5) is 11.5. The van der Waals surface area contributed by atoms with Gasteiger partial charge in [-0.05, 0) is 36.4 Å². The van der Waals surface area contributed by atoms with Crippen molar-refractivity contribution in [2.75, 3.05) is 6.26 Å². The van der Waals surface area contributed by atoms with Crippen molar-refractivity contribution in [1.29, 1.82) is 0 Å². The topological polar surface area (TPSA) is 84.6 Å². The molecule has 5 nitrogen and oxygen atoms in total. The highest BCUT2D eigenvalue weighted by Gasteiger charge is 2.19. The molecule has 0 saturated heterocycles. The number of fused-ring (bicyclic) bond motifs is 1. The molecule has 0 radical (unpaired) electrons. The summed E-state index contributed by atoms with van der Waals surface area (Å²) in [7, 11) is -3.35. The second kappa shape index (κ2) is 5.76. The number of sulfone groups is 1. The quantitative estimate of drug-likeness (QED) is 0.731. The Bertz CT molecular complexity index is 1030. The fraction of sp³-hybridized carbons (Fsp3) is 0.118. The maximum Gasteiger partial charge on any atom is 0.154 e. The van der Waals surface area contributed by atoms with Crippen molar-refractivity contribution in [3.8, 4) is 17.1 Å². The number of halogens is 1. The first-order chi connectivity index (χ1) is 11.3. The molecular formula is C17H13FO5S. The summed E-state index contributed by atoms with van der Waals surface area (Å²) in [6.07, 6.45) is 1.64. The van der Waals surface area contributed by atoms with Crippen LogP contribution in [0.5, 0.6) is 5.75 Å². The maximum absolute atomic E-state index is 13.1. The molecule has 24 heavy (non-hydrogen) atoms. The first-order valence-electron chi connectivity index (χ1n) is 6.96. The predicted octanol–water partition coefficient (Wildman–Crippen LogP) is 3.30. The Balaban J connectivity index is 2.22. The van der Waals surface area contributed by atoms with Crippen molar-refractivity contribution in [1.82, 2.24) is 0 Å². The molecule has 0 atom stereocenters. The van der Waals surface area contributed by atoms with Crippen molar-refractivity contribution >= 4 is 27.1 Å². The Morgan fingerprint density at radius 1 is 1.21 bits per heavy atom. The zero-order chi connectivity index (χ0) is 17.5. The normalized spacial score (nSPS) is 11.8. The van der Waals surface area contributed by atoms with Crippen LogP contribution in [0, 0.1) is 5.82 Å². The van der Waals surface area contributed by atoms with Gasteiger partial charge in [0.1, 0.15) is 22.9 Å². The lowest BCUT2D eigenvalue weighted by Gasteiger charge is -2.03. The van der Waals surface area contributed by atoms with E-state index in [0.29, 0.717) is 17.2 Å². The van der Waals surface area contributed by atoms with Crippen LogP contribution in [0.15, 0.2) is 40.8 Å². The molecule has 2 aromatic carbocycles. The molecule has 3 aromatic rings. The van der Waals surface area contributed by atoms with Gasteiger partial charge >= 0.3 is 0 Å². The number of carbonyl (C=O) groups is 1. The predicted molar refractivity (Wildman–Crippen MR) is 87.2 cm³/mol. The Labute approximate surface area is 137 Å². The standard InChI is InChI=1S/C17H13FO5S/c1-24(21,22)9-11-6-16-13(7-15(11)20)14(8-19)17(23-16)10-2-4-12(18)5-3-10/h2-8,20H,9H2,1H3. The third-order valence-corrected chi connectivity index (χ3v) is 4.40. The fourth-order valence-corrected chi connectivity index (χ4v) is 3.32. The largest absolute Gasteiger partial charge is 0.508 e. The van der Waals surface area contributed by atoms with Crippen molar-refractivity contribution in [3.05, 3.63) is 53.3 Å². The van der Waals surface area contributed by atoms with Crippen LogP contribution in [0.2, 0.25) is 0 Å². The number of aldehydes is 1. The Morgan fingerprint density at radius 2 is 1.88 bits per heavy atom. The van der Waals surface area contributed by atoms with Crippen LogP contribution in [0.1, 0.15) is 15.9 Å². The molecule has 0 bridgehead atoms. The van der Waals surface area contributed by atoms with Gasteiger partial charge in [-0.1, -0.05) is 0 Å². The number of phenolic OH excluding ortho intramolecular Hbond substituents is 1. The summed E-state index contributed by atoms with van der Waals surface area (Å²) in [5.41, 5.74) is 1.16. The molecule has 7 heteroatoms. The third-order valence-electron chi connectivity index (χ3n) is 3.57. The van der Waals surface area contributed by atoms with Gasteiger partial charge in [-0.2, -0.15) is 0 Å². The number of hydrogen-bond acceptors (Lipinski definition) is 5. The van der Waals surface area contributed by atoms with Gasteiger partial charge < -0.3 is 9.52 Å². The smallest absolute Gasteiger partial charge is 0.154 e. The number of carbonyl (C=O) groups excluding carboxylic acids is 1. The number of aromatic hydroxyl groups is 1. The monoisotopic (exact) mass is 348 g/mol. The molecule has 3 rings (SSSR count). The summed E-state index contributed by atoms with van der Waals surface area (Å²) in [5.74, 6) is -0.772. The lowest BCUT2D eigenvalue weighted by atomic mass is 10.1. The molecule has 124 valence electrons. The first-order valence-corrected chi connectivity index (χ1v) is 9.02. The van der Waals surface area contributed by atoms with Gasteiger partial charge in [0.25, 0.3) is 0 Å². The van der Waals surface area contributed by atoms with E-state index in [1.807, 2.05) is 0 Å². The Hall–Kier alpha value is -2.67. The molecule has 1 heterocycles. The highest BCUT2D eigenvalue weighted by atomic mass is 32.2. The fourth-order valence-electron chi connectivity index (χ4n) is 2.52. The zero-order valence-corrected chi connectivity index (χ0v) is 13.4. The molecule has 0 aliphatic carbocycles. The molecule has 1 N–H and O–H groups in total. The second-order valence-corrected chi connectivity index (χ2v) is 7.66. The molecule has 0 spiro atoms. The molecule has 1 aromatic heterocycles. The van der Waals surface area contributed by atoms with E-state index < -0.39 is 15.7 Å². The van der Waals surface area contributed by atoms with Crippen LogP contribution in [0.4, 0.5) is 4.39 Å². The highest BCUT2D eigenvalue weighted by Crippen LogP contribution is 2.36. The number of rotatable bonds is 4. The first kappa shape index (κ1) is 16.2. The van der Waals surface area contributed by atoms with Crippen LogP contribution >= 0.6 is 0 Å². The summed E-state index contributed by atoms with van der Waals surface area (Å²) >= 11 is 0. The Morgan fingerprint density at radius 3 is 2.46 bits per heavy atom. The van der Waals surface area contributed by atoms with E-state index >= 15 is 0 Å². The van der Waals surface area contributed by atoms with Gasteiger partial charge in [0.15, 0.2) is 16.1 Å². The third kappa shape index (κ3) is 3.03. The van der Waals surface area contributed by atoms with E-state index in [1.165, 1.54) is 36.4 Å². The lowest BCUT2D eigenvalue weighted by Crippen LogP contribution is -2.00. The average Bonchev–Trinajstić information content (AvgIpc) is 2.84. The van der Waals surface area contributed by atoms with Crippen molar-refractivity contribution in [3.63, 3.8) is 0 Å². The van der Waals surface area contributed by atoms with Gasteiger partial charge in [-0.15, -0.1) is 0 Å². The Kier molecular flexibility index (Phi) is 3.88. The summed E-state index contributed by atoms with van der Waals surface area (Å²) < 4.78 is 41.6. The molecule has 0 amide bonds. The second-order valence-electron chi connectivity index (χ2n) is 5.52. The van der Waals surface area contributed by atoms with E-state index in [2.05, 4.69) is 0 Å². The van der Waals surface area contributed by atoms with E-state index in [9.17, 15) is 22.7 Å². The van der Waals surface area contributed by atoms with E-state index in [4.69, 9.17) is 4.42 Å². The van der Waals surface area contributed by atoms with E-state index in [0.717, 1.165) is 6.26 Å². The van der Waals surface area contributed by atoms with Crippen molar-refractivity contribution in [2.45, 2.75) is 5.75 Å². The minimum atomic E-state index is -3.35. The average molecular weight is 348 g/mol. The number of furan rings is 1. The molecule has 0 aliphatic heterocycles. The van der Waals surface area contributed by atoms with Crippen LogP contribution in [0.25, 0.3) is 22.3 Å². The SMILES string of the molecule is CS(=O)(=O)Cc1cc2oc(-c3ccc(F)cc3)c(C=O)c2cc1O. The van der Waals surface area contributed by atoms with Crippen LogP contribution in [-0.2, 0) is 15.6 Å². The maximum atomic E-state index is 13.1. The van der Waals surface area contributed by atoms with Crippen LogP contribution in [0.3, 0.4) is 0 Å². The molecular weight excluding hydrogens is 335 g/mol. The van der Waals surface area contributed by atoms with Gasteiger partial charge in [-0.25, -0.2) is 12.8 Å². The number of hydrogen-bond donors (Lipinski definition) is 1. The van der Waals surface area contributed by atoms with Gasteiger partial charge in [0.2, 0.25) is 0 Å². The molecule has 0 unspecified atom stereocenters. The molecule has 0 saturated carbocycles. The highest BCUT2D eigenvalue weighted by molar-refractivity contribution is 7.89. The minimum Gasteiger partial charge on any atom is -0.508 e. The molecule has 0 fully saturated rings. The lowest BCUT2D eigenvalue weighted by molar-refractivity contribution is 0.112. The van der Waals surface area contributed by atoms with Gasteiger partial charge in [0, 0.05) is 22.8 Å². The van der Waals surface area contributed by atoms with Gasteiger partial charge in [0.05, 0.1) is 11.3 Å². The van der Waals surface area contributed by atoms with Crippen molar-refractivity contribution < 1.29 is 27.1 Å².